The van der Waals surface area contributed by atoms with Gasteiger partial charge in [-0.2, -0.15) is 0 Å². The van der Waals surface area contributed by atoms with Crippen LogP contribution >= 0.6 is 0 Å². The van der Waals surface area contributed by atoms with Crippen molar-refractivity contribution in [2.45, 2.75) is 31.1 Å². The van der Waals surface area contributed by atoms with Crippen molar-refractivity contribution in [3.8, 4) is 5.75 Å². The Morgan fingerprint density at radius 1 is 1.15 bits per heavy atom. The van der Waals surface area contributed by atoms with Gasteiger partial charge in [-0.05, 0) is 61.2 Å². The summed E-state index contributed by atoms with van der Waals surface area (Å²) >= 11 is 0. The van der Waals surface area contributed by atoms with Crippen LogP contribution in [0.1, 0.15) is 24.7 Å². The zero-order valence-corrected chi connectivity index (χ0v) is 15.6. The van der Waals surface area contributed by atoms with Crippen molar-refractivity contribution in [1.82, 2.24) is 0 Å². The monoisotopic (exact) mass is 371 g/mol. The number of rotatable bonds is 4. The van der Waals surface area contributed by atoms with Gasteiger partial charge in [0.1, 0.15) is 17.1 Å². The van der Waals surface area contributed by atoms with Crippen molar-refractivity contribution >= 4 is 26.7 Å². The van der Waals surface area contributed by atoms with Gasteiger partial charge in [0.2, 0.25) is 0 Å². The highest BCUT2D eigenvalue weighted by Gasteiger charge is 2.22. The van der Waals surface area contributed by atoms with Crippen LogP contribution in [0.3, 0.4) is 0 Å². The van der Waals surface area contributed by atoms with Crippen molar-refractivity contribution in [1.29, 1.82) is 0 Å². The number of hydrogen-bond acceptors (Lipinski definition) is 4. The highest BCUT2D eigenvalue weighted by molar-refractivity contribution is 7.92. The Labute approximate surface area is 153 Å². The number of nitrogens with one attached hydrogen (secondary N) is 1. The highest BCUT2D eigenvalue weighted by Crippen LogP contribution is 2.35. The fraction of sp³-hybridized carbons (Fsp3) is 0.300. The number of hydrogen-bond donors (Lipinski definition) is 1. The van der Waals surface area contributed by atoms with Crippen LogP contribution in [0, 0.1) is 5.92 Å². The van der Waals surface area contributed by atoms with Crippen molar-refractivity contribution < 1.29 is 17.6 Å². The predicted molar refractivity (Wildman–Crippen MR) is 101 cm³/mol. The largest absolute Gasteiger partial charge is 0.497 e. The Bertz CT molecular complexity index is 1050. The molecule has 1 aromatic heterocycles. The first-order valence-electron chi connectivity index (χ1n) is 8.67. The molecule has 0 fully saturated rings. The highest BCUT2D eigenvalue weighted by atomic mass is 32.2. The van der Waals surface area contributed by atoms with Crippen LogP contribution in [0.2, 0.25) is 0 Å². The fourth-order valence-corrected chi connectivity index (χ4v) is 4.54. The minimum atomic E-state index is -3.66. The van der Waals surface area contributed by atoms with E-state index in [0.717, 1.165) is 36.0 Å². The normalized spacial score (nSPS) is 17.1. The van der Waals surface area contributed by atoms with E-state index in [1.165, 1.54) is 17.7 Å². The van der Waals surface area contributed by atoms with Crippen LogP contribution in [0.25, 0.3) is 11.0 Å². The van der Waals surface area contributed by atoms with E-state index in [9.17, 15) is 8.42 Å². The quantitative estimate of drug-likeness (QED) is 0.739. The van der Waals surface area contributed by atoms with Crippen molar-refractivity contribution in [2.75, 3.05) is 11.8 Å². The zero-order valence-electron chi connectivity index (χ0n) is 14.8. The van der Waals surface area contributed by atoms with E-state index in [1.54, 1.807) is 25.3 Å². The van der Waals surface area contributed by atoms with Gasteiger partial charge >= 0.3 is 0 Å². The summed E-state index contributed by atoms with van der Waals surface area (Å²) in [5.74, 6) is 2.26. The topological polar surface area (TPSA) is 68.5 Å². The average Bonchev–Trinajstić information content (AvgIpc) is 2.99. The Kier molecular flexibility index (Phi) is 4.15. The minimum absolute atomic E-state index is 0.196. The summed E-state index contributed by atoms with van der Waals surface area (Å²) in [6.45, 7) is 2.23. The lowest BCUT2D eigenvalue weighted by atomic mass is 9.88. The van der Waals surface area contributed by atoms with E-state index >= 15 is 0 Å². The molecule has 0 bridgehead atoms. The molecule has 1 atom stereocenters. The van der Waals surface area contributed by atoms with E-state index < -0.39 is 10.0 Å². The summed E-state index contributed by atoms with van der Waals surface area (Å²) in [6.07, 6.45) is 3.04. The minimum Gasteiger partial charge on any atom is -0.497 e. The average molecular weight is 371 g/mol. The number of methoxy groups -OCH3 is 1. The third kappa shape index (κ3) is 3.05. The third-order valence-corrected chi connectivity index (χ3v) is 6.31. The first kappa shape index (κ1) is 17.0. The molecule has 4 rings (SSSR count). The van der Waals surface area contributed by atoms with E-state index in [2.05, 4.69) is 11.6 Å². The molecule has 1 N–H and O–H groups in total. The Morgan fingerprint density at radius 2 is 1.92 bits per heavy atom. The Hall–Kier alpha value is -2.47. The maximum absolute atomic E-state index is 12.6. The lowest BCUT2D eigenvalue weighted by Crippen LogP contribution is -2.13. The summed E-state index contributed by atoms with van der Waals surface area (Å²) in [5, 5.41) is 1.00. The van der Waals surface area contributed by atoms with Gasteiger partial charge in [-0.15, -0.1) is 0 Å². The number of benzene rings is 2. The maximum Gasteiger partial charge on any atom is 0.261 e. The summed E-state index contributed by atoms with van der Waals surface area (Å²) in [5.41, 5.74) is 2.57. The molecule has 26 heavy (non-hydrogen) atoms. The Balaban J connectivity index is 1.67. The summed E-state index contributed by atoms with van der Waals surface area (Å²) in [7, 11) is -2.11. The van der Waals surface area contributed by atoms with Crippen LogP contribution in [0.15, 0.2) is 51.8 Å². The molecule has 0 saturated carbocycles. The molecule has 0 radical (unpaired) electrons. The van der Waals surface area contributed by atoms with E-state index in [4.69, 9.17) is 9.15 Å². The van der Waals surface area contributed by atoms with Crippen LogP contribution in [-0.4, -0.2) is 15.5 Å². The third-order valence-electron chi connectivity index (χ3n) is 4.91. The van der Waals surface area contributed by atoms with Crippen LogP contribution in [-0.2, 0) is 22.9 Å². The van der Waals surface area contributed by atoms with Crippen molar-refractivity contribution in [3.05, 3.63) is 53.8 Å². The molecule has 0 saturated heterocycles. The SMILES string of the molecule is COc1ccc(S(=O)(=O)Nc2ccc3oc4c(c3c2)CC(C)CC4)cc1. The molecular weight excluding hydrogens is 350 g/mol. The summed E-state index contributed by atoms with van der Waals surface area (Å²) in [4.78, 5) is 0.196. The zero-order chi connectivity index (χ0) is 18.3. The molecule has 0 spiro atoms. The lowest BCUT2D eigenvalue weighted by molar-refractivity contribution is 0.414. The number of ether oxygens (including phenoxy) is 1. The molecule has 1 unspecified atom stereocenters. The van der Waals surface area contributed by atoms with Gasteiger partial charge in [-0.25, -0.2) is 8.42 Å². The second-order valence-corrected chi connectivity index (χ2v) is 8.53. The molecule has 0 aliphatic heterocycles. The van der Waals surface area contributed by atoms with Gasteiger partial charge in [-0.1, -0.05) is 6.92 Å². The van der Waals surface area contributed by atoms with Gasteiger partial charge < -0.3 is 9.15 Å². The molecule has 3 aromatic rings. The second-order valence-electron chi connectivity index (χ2n) is 6.84. The molecule has 2 aromatic carbocycles. The summed E-state index contributed by atoms with van der Waals surface area (Å²) in [6, 6.07) is 11.8. The van der Waals surface area contributed by atoms with Gasteiger partial charge in [0, 0.05) is 23.1 Å². The number of furan rings is 1. The van der Waals surface area contributed by atoms with E-state index in [-0.39, 0.29) is 4.90 Å². The molecule has 5 nitrogen and oxygen atoms in total. The van der Waals surface area contributed by atoms with Crippen LogP contribution in [0.4, 0.5) is 5.69 Å². The Morgan fingerprint density at radius 3 is 2.65 bits per heavy atom. The molecule has 1 aliphatic carbocycles. The van der Waals surface area contributed by atoms with Crippen molar-refractivity contribution in [2.24, 2.45) is 5.92 Å². The number of aryl methyl sites for hydroxylation is 1. The van der Waals surface area contributed by atoms with Crippen LogP contribution < -0.4 is 9.46 Å². The van der Waals surface area contributed by atoms with E-state index in [1.807, 2.05) is 12.1 Å². The van der Waals surface area contributed by atoms with E-state index in [0.29, 0.717) is 17.4 Å². The number of anilines is 1. The van der Waals surface area contributed by atoms with Crippen molar-refractivity contribution in [3.63, 3.8) is 0 Å². The second kappa shape index (κ2) is 6.36. The maximum atomic E-state index is 12.6. The molecular formula is C20H21NO4S. The predicted octanol–water partition coefficient (Wildman–Crippen LogP) is 4.37. The molecule has 6 heteroatoms. The summed E-state index contributed by atoms with van der Waals surface area (Å²) < 4.78 is 39.0. The molecule has 0 amide bonds. The first-order chi connectivity index (χ1) is 12.5. The van der Waals surface area contributed by atoms with Gasteiger partial charge in [0.15, 0.2) is 0 Å². The number of sulfonamides is 1. The van der Waals surface area contributed by atoms with Crippen LogP contribution in [0.5, 0.6) is 5.75 Å². The first-order valence-corrected chi connectivity index (χ1v) is 10.2. The van der Waals surface area contributed by atoms with Gasteiger partial charge in [0.05, 0.1) is 12.0 Å². The molecule has 1 aliphatic rings. The smallest absolute Gasteiger partial charge is 0.261 e. The fourth-order valence-electron chi connectivity index (χ4n) is 3.49. The lowest BCUT2D eigenvalue weighted by Gasteiger charge is -2.16. The molecule has 136 valence electrons. The van der Waals surface area contributed by atoms with Gasteiger partial charge in [-0.3, -0.25) is 4.72 Å². The standard InChI is InChI=1S/C20H21NO4S/c1-13-3-9-19-17(11-13)18-12-14(4-10-20(18)25-19)21-26(22,23)16-7-5-15(24-2)6-8-16/h4-8,10,12-13,21H,3,9,11H2,1-2H3. The number of fused-ring (bicyclic) bond motifs is 3. The molecule has 1 heterocycles. The van der Waals surface area contributed by atoms with Gasteiger partial charge in [0.25, 0.3) is 10.0 Å².